The lowest BCUT2D eigenvalue weighted by molar-refractivity contribution is 0.430. The number of nitrogen functional groups attached to an aromatic ring is 1. The Morgan fingerprint density at radius 2 is 2.05 bits per heavy atom. The average molecular weight is 280 g/mol. The molecule has 0 saturated heterocycles. The second-order valence-electron chi connectivity index (χ2n) is 5.03. The van der Waals surface area contributed by atoms with Crippen molar-refractivity contribution in [3.8, 4) is 0 Å². The third-order valence-corrected chi connectivity index (χ3v) is 3.88. The van der Waals surface area contributed by atoms with Crippen molar-refractivity contribution < 1.29 is 0 Å². The zero-order valence-corrected chi connectivity index (χ0v) is 12.5. The number of benzene rings is 1. The maximum absolute atomic E-state index is 6.20. The monoisotopic (exact) mass is 279 g/mol. The molecule has 2 N–H and O–H groups in total. The van der Waals surface area contributed by atoms with Crippen molar-refractivity contribution in [3.05, 3.63) is 23.2 Å². The molecule has 3 nitrogen and oxygen atoms in total. The fourth-order valence-electron chi connectivity index (χ4n) is 2.66. The lowest BCUT2D eigenvalue weighted by Crippen LogP contribution is -2.12. The molecule has 0 aliphatic heterocycles. The zero-order chi connectivity index (χ0) is 13.8. The maximum atomic E-state index is 6.20. The van der Waals surface area contributed by atoms with Crippen molar-refractivity contribution >= 4 is 28.6 Å². The fraction of sp³-hybridized carbons (Fsp3) is 0.533. The summed E-state index contributed by atoms with van der Waals surface area (Å²) in [5.41, 5.74) is 7.99. The van der Waals surface area contributed by atoms with E-state index in [1.54, 1.807) is 0 Å². The quantitative estimate of drug-likeness (QED) is 0.825. The van der Waals surface area contributed by atoms with E-state index in [1.807, 2.05) is 12.1 Å². The van der Waals surface area contributed by atoms with Gasteiger partial charge in [0.1, 0.15) is 5.52 Å². The number of para-hydroxylation sites is 1. The molecule has 0 radical (unpaired) electrons. The SMILES string of the molecule is CCCCC(CCC)n1c(N)nc2c(Cl)cccc21. The molecular weight excluding hydrogens is 258 g/mol. The first-order valence-corrected chi connectivity index (χ1v) is 7.48. The molecule has 4 heteroatoms. The van der Waals surface area contributed by atoms with Gasteiger partial charge in [0.05, 0.1) is 10.5 Å². The highest BCUT2D eigenvalue weighted by Gasteiger charge is 2.17. The zero-order valence-electron chi connectivity index (χ0n) is 11.7. The Hall–Kier alpha value is -1.22. The van der Waals surface area contributed by atoms with E-state index in [4.69, 9.17) is 17.3 Å². The van der Waals surface area contributed by atoms with Crippen molar-refractivity contribution in [2.45, 2.75) is 52.0 Å². The molecule has 1 aromatic carbocycles. The van der Waals surface area contributed by atoms with E-state index in [2.05, 4.69) is 29.5 Å². The van der Waals surface area contributed by atoms with Crippen LogP contribution in [0, 0.1) is 0 Å². The topological polar surface area (TPSA) is 43.8 Å². The Balaban J connectivity index is 2.46. The van der Waals surface area contributed by atoms with Gasteiger partial charge in [-0.05, 0) is 25.0 Å². The van der Waals surface area contributed by atoms with Crippen molar-refractivity contribution in [2.24, 2.45) is 0 Å². The highest BCUT2D eigenvalue weighted by atomic mass is 35.5. The van der Waals surface area contributed by atoms with E-state index in [-0.39, 0.29) is 0 Å². The Bertz CT molecular complexity index is 548. The molecular formula is C15H22ClN3. The molecule has 0 aliphatic rings. The minimum atomic E-state index is 0.424. The van der Waals surface area contributed by atoms with Crippen LogP contribution in [0.15, 0.2) is 18.2 Å². The highest BCUT2D eigenvalue weighted by molar-refractivity contribution is 6.35. The molecule has 0 saturated carbocycles. The summed E-state index contributed by atoms with van der Waals surface area (Å²) in [7, 11) is 0. The van der Waals surface area contributed by atoms with Gasteiger partial charge in [-0.2, -0.15) is 0 Å². The number of anilines is 1. The van der Waals surface area contributed by atoms with Crippen molar-refractivity contribution in [3.63, 3.8) is 0 Å². The van der Waals surface area contributed by atoms with Gasteiger partial charge in [0, 0.05) is 6.04 Å². The molecule has 0 fully saturated rings. The number of fused-ring (bicyclic) bond motifs is 1. The molecule has 2 rings (SSSR count). The van der Waals surface area contributed by atoms with Gasteiger partial charge < -0.3 is 10.3 Å². The second-order valence-corrected chi connectivity index (χ2v) is 5.44. The number of hydrogen-bond donors (Lipinski definition) is 1. The minimum absolute atomic E-state index is 0.424. The normalized spacial score (nSPS) is 13.0. The first kappa shape index (κ1) is 14.2. The van der Waals surface area contributed by atoms with E-state index in [0.29, 0.717) is 17.0 Å². The smallest absolute Gasteiger partial charge is 0.201 e. The van der Waals surface area contributed by atoms with Crippen LogP contribution in [0.1, 0.15) is 52.0 Å². The molecule has 1 unspecified atom stereocenters. The summed E-state index contributed by atoms with van der Waals surface area (Å²) in [6, 6.07) is 6.31. The molecule has 19 heavy (non-hydrogen) atoms. The van der Waals surface area contributed by atoms with E-state index in [9.17, 15) is 0 Å². The van der Waals surface area contributed by atoms with Crippen molar-refractivity contribution in [1.82, 2.24) is 9.55 Å². The molecule has 0 amide bonds. The number of nitrogens with two attached hydrogens (primary N) is 1. The highest BCUT2D eigenvalue weighted by Crippen LogP contribution is 2.31. The van der Waals surface area contributed by atoms with Crippen LogP contribution in [0.3, 0.4) is 0 Å². The van der Waals surface area contributed by atoms with Gasteiger partial charge in [0.15, 0.2) is 0 Å². The van der Waals surface area contributed by atoms with E-state index in [1.165, 1.54) is 12.8 Å². The Kier molecular flexibility index (Phi) is 4.70. The first-order valence-electron chi connectivity index (χ1n) is 7.11. The first-order chi connectivity index (χ1) is 9.19. The number of hydrogen-bond acceptors (Lipinski definition) is 2. The molecule has 1 heterocycles. The van der Waals surface area contributed by atoms with Gasteiger partial charge in [-0.15, -0.1) is 0 Å². The lowest BCUT2D eigenvalue weighted by atomic mass is 10.0. The third kappa shape index (κ3) is 2.86. The number of unbranched alkanes of at least 4 members (excludes halogenated alkanes) is 1. The fourth-order valence-corrected chi connectivity index (χ4v) is 2.87. The van der Waals surface area contributed by atoms with Gasteiger partial charge in [-0.3, -0.25) is 0 Å². The average Bonchev–Trinajstić information content (AvgIpc) is 2.73. The summed E-state index contributed by atoms with van der Waals surface area (Å²) in [6.07, 6.45) is 5.83. The predicted octanol–water partition coefficient (Wildman–Crippen LogP) is 4.80. The minimum Gasteiger partial charge on any atom is -0.369 e. The van der Waals surface area contributed by atoms with Crippen molar-refractivity contribution in [1.29, 1.82) is 0 Å². The number of halogens is 1. The van der Waals surface area contributed by atoms with Crippen LogP contribution < -0.4 is 5.73 Å². The van der Waals surface area contributed by atoms with Crippen LogP contribution in [0.4, 0.5) is 5.95 Å². The molecule has 0 bridgehead atoms. The predicted molar refractivity (Wildman–Crippen MR) is 82.6 cm³/mol. The number of aromatic nitrogens is 2. The van der Waals surface area contributed by atoms with Crippen LogP contribution >= 0.6 is 11.6 Å². The maximum Gasteiger partial charge on any atom is 0.201 e. The standard InChI is InChI=1S/C15H22ClN3/c1-3-5-8-11(7-4-2)19-13-10-6-9-12(16)14(13)18-15(19)17/h6,9-11H,3-5,7-8H2,1-2H3,(H2,17,18). The van der Waals surface area contributed by atoms with E-state index < -0.39 is 0 Å². The molecule has 0 spiro atoms. The van der Waals surface area contributed by atoms with Gasteiger partial charge in [0.2, 0.25) is 5.95 Å². The summed E-state index contributed by atoms with van der Waals surface area (Å²) in [6.45, 7) is 4.43. The molecule has 1 aromatic heterocycles. The lowest BCUT2D eigenvalue weighted by Gasteiger charge is -2.20. The van der Waals surface area contributed by atoms with Crippen LogP contribution in [0.5, 0.6) is 0 Å². The number of rotatable bonds is 6. The number of imidazole rings is 1. The Labute approximate surface area is 119 Å². The van der Waals surface area contributed by atoms with Gasteiger partial charge in [-0.25, -0.2) is 4.98 Å². The molecule has 2 aromatic rings. The van der Waals surface area contributed by atoms with Gasteiger partial charge in [-0.1, -0.05) is 50.8 Å². The van der Waals surface area contributed by atoms with Gasteiger partial charge in [0.25, 0.3) is 0 Å². The summed E-state index contributed by atoms with van der Waals surface area (Å²) in [5.74, 6) is 0.581. The molecule has 104 valence electrons. The van der Waals surface area contributed by atoms with Gasteiger partial charge >= 0.3 is 0 Å². The Morgan fingerprint density at radius 3 is 2.74 bits per heavy atom. The summed E-state index contributed by atoms with van der Waals surface area (Å²) >= 11 is 6.20. The molecule has 1 atom stereocenters. The third-order valence-electron chi connectivity index (χ3n) is 3.58. The second kappa shape index (κ2) is 6.29. The van der Waals surface area contributed by atoms with Crippen LogP contribution in [0.2, 0.25) is 5.02 Å². The van der Waals surface area contributed by atoms with Crippen LogP contribution in [-0.2, 0) is 0 Å². The van der Waals surface area contributed by atoms with Crippen LogP contribution in [-0.4, -0.2) is 9.55 Å². The largest absolute Gasteiger partial charge is 0.369 e. The van der Waals surface area contributed by atoms with E-state index >= 15 is 0 Å². The van der Waals surface area contributed by atoms with Crippen LogP contribution in [0.25, 0.3) is 11.0 Å². The Morgan fingerprint density at radius 1 is 1.26 bits per heavy atom. The van der Waals surface area contributed by atoms with Crippen molar-refractivity contribution in [2.75, 3.05) is 5.73 Å². The number of nitrogens with zero attached hydrogens (tertiary/aromatic N) is 2. The summed E-state index contributed by atoms with van der Waals surface area (Å²) < 4.78 is 2.17. The molecule has 0 aliphatic carbocycles. The summed E-state index contributed by atoms with van der Waals surface area (Å²) in [5, 5.41) is 0.675. The summed E-state index contributed by atoms with van der Waals surface area (Å²) in [4.78, 5) is 4.43. The van der Waals surface area contributed by atoms with E-state index in [0.717, 1.165) is 30.3 Å².